The fraction of sp³-hybridized carbons (Fsp3) is 0.227. The van der Waals surface area contributed by atoms with E-state index in [9.17, 15) is 22.4 Å². The molecule has 1 aliphatic rings. The van der Waals surface area contributed by atoms with Crippen molar-refractivity contribution in [2.24, 2.45) is 4.99 Å². The number of aliphatic imine (C=N–C) groups is 1. The van der Waals surface area contributed by atoms with Crippen molar-refractivity contribution in [2.75, 3.05) is 7.11 Å². The van der Waals surface area contributed by atoms with Crippen LogP contribution in [0.25, 0.3) is 0 Å². The Labute approximate surface area is 180 Å². The van der Waals surface area contributed by atoms with E-state index in [1.165, 1.54) is 43.6 Å². The van der Waals surface area contributed by atoms with E-state index >= 15 is 0 Å². The molecule has 0 fully saturated rings. The number of pyridine rings is 2. The maximum Gasteiger partial charge on any atom is 0.321 e. The molecule has 3 aromatic rings. The number of alkyl halides is 2. The first-order valence-corrected chi connectivity index (χ1v) is 9.59. The molecule has 4 rings (SSSR count). The summed E-state index contributed by atoms with van der Waals surface area (Å²) in [4.78, 5) is 20.6. The van der Waals surface area contributed by atoms with Gasteiger partial charge >= 0.3 is 6.55 Å². The van der Waals surface area contributed by atoms with E-state index in [-0.39, 0.29) is 21.7 Å². The van der Waals surface area contributed by atoms with Gasteiger partial charge in [-0.25, -0.2) is 14.4 Å². The number of rotatable bonds is 5. The number of nitrogens with one attached hydrogen (secondary N) is 1. The first kappa shape index (κ1) is 21.5. The van der Waals surface area contributed by atoms with Gasteiger partial charge in [0.1, 0.15) is 17.2 Å². The van der Waals surface area contributed by atoms with Gasteiger partial charge in [0.2, 0.25) is 5.95 Å². The fourth-order valence-electron chi connectivity index (χ4n) is 3.86. The molecule has 1 aromatic carbocycles. The molecule has 0 saturated heterocycles. The van der Waals surface area contributed by atoms with E-state index in [4.69, 9.17) is 9.73 Å². The number of hydrogen-bond donors (Lipinski definition) is 1. The average Bonchev–Trinajstić information content (AvgIpc) is 3.12. The molecule has 1 aliphatic heterocycles. The molecule has 3 heterocycles. The molecule has 2 aromatic heterocycles. The Hall–Kier alpha value is -3.69. The van der Waals surface area contributed by atoms with Crippen LogP contribution >= 0.6 is 0 Å². The van der Waals surface area contributed by atoms with Crippen LogP contribution in [0.15, 0.2) is 64.6 Å². The highest BCUT2D eigenvalue weighted by atomic mass is 19.3. The molecule has 32 heavy (non-hydrogen) atoms. The second kappa shape index (κ2) is 8.10. The first-order valence-electron chi connectivity index (χ1n) is 9.59. The summed E-state index contributed by atoms with van der Waals surface area (Å²) in [7, 11) is 1.20. The van der Waals surface area contributed by atoms with Crippen molar-refractivity contribution in [3.05, 3.63) is 93.7 Å². The van der Waals surface area contributed by atoms with Crippen LogP contribution in [0.2, 0.25) is 0 Å². The Balaban J connectivity index is 1.94. The SMILES string of the molecule is COc1cc(C2=N[C@@](c3ccc(F)cc3)(c3ccc(F)nc3)[C@H](C)N2)cn(C(F)F)c1=O. The highest BCUT2D eigenvalue weighted by molar-refractivity contribution is 6.01. The monoisotopic (exact) mass is 446 g/mol. The molecule has 6 nitrogen and oxygen atoms in total. The van der Waals surface area contributed by atoms with Gasteiger partial charge in [-0.2, -0.15) is 13.2 Å². The molecule has 0 saturated carbocycles. The van der Waals surface area contributed by atoms with E-state index in [1.54, 1.807) is 19.1 Å². The summed E-state index contributed by atoms with van der Waals surface area (Å²) >= 11 is 0. The second-order valence-corrected chi connectivity index (χ2v) is 7.26. The normalized spacial score (nSPS) is 20.2. The molecule has 0 amide bonds. The Kier molecular flexibility index (Phi) is 5.45. The molecule has 0 radical (unpaired) electrons. The Morgan fingerprint density at radius 3 is 2.41 bits per heavy atom. The van der Waals surface area contributed by atoms with E-state index in [2.05, 4.69) is 10.3 Å². The second-order valence-electron chi connectivity index (χ2n) is 7.26. The lowest BCUT2D eigenvalue weighted by Gasteiger charge is -2.31. The number of halogens is 4. The van der Waals surface area contributed by atoms with Crippen LogP contribution in [0.3, 0.4) is 0 Å². The van der Waals surface area contributed by atoms with Gasteiger partial charge in [-0.3, -0.25) is 9.36 Å². The maximum atomic E-state index is 13.6. The van der Waals surface area contributed by atoms with Crippen molar-refractivity contribution in [1.82, 2.24) is 14.9 Å². The van der Waals surface area contributed by atoms with Gasteiger partial charge in [0, 0.05) is 23.5 Å². The zero-order valence-electron chi connectivity index (χ0n) is 17.0. The molecule has 2 atom stereocenters. The minimum Gasteiger partial charge on any atom is -0.491 e. The molecule has 0 spiro atoms. The van der Waals surface area contributed by atoms with Crippen molar-refractivity contribution in [3.8, 4) is 5.75 Å². The van der Waals surface area contributed by atoms with Crippen molar-refractivity contribution in [1.29, 1.82) is 0 Å². The standard InChI is InChI=1S/C22H18F4N4O2/c1-12-22(14-3-6-16(23)7-4-14,15-5-8-18(24)27-10-15)29-19(28-12)13-9-17(32-2)20(31)30(11-13)21(25)26/h3-12,21H,1-2H3,(H,28,29)/t12-,22-/m0/s1. The third-order valence-electron chi connectivity index (χ3n) is 5.43. The molecular formula is C22H18F4N4O2. The topological polar surface area (TPSA) is 68.5 Å². The highest BCUT2D eigenvalue weighted by Gasteiger charge is 2.45. The number of benzene rings is 1. The van der Waals surface area contributed by atoms with Gasteiger partial charge in [-0.1, -0.05) is 18.2 Å². The quantitative estimate of drug-likeness (QED) is 0.480. The molecule has 1 N–H and O–H groups in total. The van der Waals surface area contributed by atoms with Gasteiger partial charge in [-0.15, -0.1) is 0 Å². The van der Waals surface area contributed by atoms with Crippen LogP contribution in [-0.2, 0) is 5.54 Å². The number of nitrogens with zero attached hydrogens (tertiary/aromatic N) is 3. The number of amidine groups is 1. The fourth-order valence-corrected chi connectivity index (χ4v) is 3.86. The minimum absolute atomic E-state index is 0.188. The van der Waals surface area contributed by atoms with Gasteiger partial charge in [0.15, 0.2) is 5.75 Å². The van der Waals surface area contributed by atoms with Crippen LogP contribution in [0, 0.1) is 11.8 Å². The molecule has 10 heteroatoms. The van der Waals surface area contributed by atoms with Gasteiger partial charge < -0.3 is 10.1 Å². The summed E-state index contributed by atoms with van der Waals surface area (Å²) < 4.78 is 59.2. The first-order chi connectivity index (χ1) is 15.3. The zero-order chi connectivity index (χ0) is 23.0. The predicted molar refractivity (Wildman–Crippen MR) is 109 cm³/mol. The van der Waals surface area contributed by atoms with E-state index in [1.807, 2.05) is 0 Å². The average molecular weight is 446 g/mol. The summed E-state index contributed by atoms with van der Waals surface area (Å²) in [6.45, 7) is -1.29. The number of aromatic nitrogens is 2. The van der Waals surface area contributed by atoms with Crippen LogP contribution in [-0.4, -0.2) is 28.5 Å². The van der Waals surface area contributed by atoms with Gasteiger partial charge in [0.25, 0.3) is 5.56 Å². The zero-order valence-corrected chi connectivity index (χ0v) is 17.0. The Morgan fingerprint density at radius 1 is 1.12 bits per heavy atom. The maximum absolute atomic E-state index is 13.6. The smallest absolute Gasteiger partial charge is 0.321 e. The van der Waals surface area contributed by atoms with Crippen LogP contribution < -0.4 is 15.6 Å². The summed E-state index contributed by atoms with van der Waals surface area (Å²) in [5.74, 6) is -1.20. The summed E-state index contributed by atoms with van der Waals surface area (Å²) in [6, 6.07) is 9.17. The predicted octanol–water partition coefficient (Wildman–Crippen LogP) is 3.61. The van der Waals surface area contributed by atoms with E-state index in [0.29, 0.717) is 11.1 Å². The largest absolute Gasteiger partial charge is 0.491 e. The summed E-state index contributed by atoms with van der Waals surface area (Å²) in [5.41, 5.74) is -0.868. The number of ether oxygens (including phenoxy) is 1. The molecule has 166 valence electrons. The van der Waals surface area contributed by atoms with Crippen molar-refractivity contribution in [2.45, 2.75) is 25.1 Å². The third-order valence-corrected chi connectivity index (χ3v) is 5.43. The van der Waals surface area contributed by atoms with Crippen LogP contribution in [0.5, 0.6) is 5.75 Å². The Morgan fingerprint density at radius 2 is 1.81 bits per heavy atom. The summed E-state index contributed by atoms with van der Waals surface area (Å²) in [5, 5.41) is 3.14. The lowest BCUT2D eigenvalue weighted by Crippen LogP contribution is -2.41. The van der Waals surface area contributed by atoms with Gasteiger partial charge in [0.05, 0.1) is 13.2 Å². The number of methoxy groups -OCH3 is 1. The molecular weight excluding hydrogens is 428 g/mol. The summed E-state index contributed by atoms with van der Waals surface area (Å²) in [6.07, 6.45) is 2.31. The third kappa shape index (κ3) is 3.51. The molecule has 0 aliphatic carbocycles. The minimum atomic E-state index is -3.08. The molecule has 0 bridgehead atoms. The Bertz CT molecular complexity index is 1180. The highest BCUT2D eigenvalue weighted by Crippen LogP contribution is 2.41. The van der Waals surface area contributed by atoms with Crippen molar-refractivity contribution < 1.29 is 22.3 Å². The van der Waals surface area contributed by atoms with Crippen molar-refractivity contribution in [3.63, 3.8) is 0 Å². The molecule has 0 unspecified atom stereocenters. The van der Waals surface area contributed by atoms with E-state index < -0.39 is 35.5 Å². The van der Waals surface area contributed by atoms with Gasteiger partial charge in [-0.05, 0) is 36.8 Å². The van der Waals surface area contributed by atoms with E-state index in [0.717, 1.165) is 6.20 Å². The number of hydrogen-bond acceptors (Lipinski definition) is 5. The van der Waals surface area contributed by atoms with Crippen LogP contribution in [0.4, 0.5) is 17.6 Å². The van der Waals surface area contributed by atoms with Crippen molar-refractivity contribution >= 4 is 5.84 Å². The lowest BCUT2D eigenvalue weighted by molar-refractivity contribution is 0.0653. The lowest BCUT2D eigenvalue weighted by atomic mass is 9.79. The van der Waals surface area contributed by atoms with Crippen LogP contribution in [0.1, 0.15) is 30.2 Å².